The van der Waals surface area contributed by atoms with Gasteiger partial charge in [-0.3, -0.25) is 4.79 Å². The first kappa shape index (κ1) is 20.7. The Morgan fingerprint density at radius 3 is 2.59 bits per heavy atom. The molecule has 154 valence electrons. The van der Waals surface area contributed by atoms with Crippen LogP contribution in [-0.4, -0.2) is 42.9 Å². The Morgan fingerprint density at radius 1 is 1.10 bits per heavy atom. The molecular formula is C22H27N3O4. The van der Waals surface area contributed by atoms with E-state index in [4.69, 9.17) is 19.2 Å². The van der Waals surface area contributed by atoms with E-state index in [1.165, 1.54) is 7.11 Å². The molecule has 3 aromatic rings. The summed E-state index contributed by atoms with van der Waals surface area (Å²) in [6.07, 6.45) is 0.782. The molecule has 1 heterocycles. The molecule has 3 rings (SSSR count). The van der Waals surface area contributed by atoms with Crippen LogP contribution in [0.3, 0.4) is 0 Å². The number of carbonyl (C=O) groups is 1. The van der Waals surface area contributed by atoms with E-state index in [0.29, 0.717) is 6.61 Å². The SMILES string of the molecule is COCC(=O)NC(C)c1nc2ccccc2n1CCCOc1ccccc1OC. The van der Waals surface area contributed by atoms with Crippen LogP contribution in [0.25, 0.3) is 11.0 Å². The monoisotopic (exact) mass is 397 g/mol. The van der Waals surface area contributed by atoms with Gasteiger partial charge in [0.15, 0.2) is 11.5 Å². The van der Waals surface area contributed by atoms with Crippen LogP contribution in [0.2, 0.25) is 0 Å². The number of ether oxygens (including phenoxy) is 3. The maximum Gasteiger partial charge on any atom is 0.246 e. The Balaban J connectivity index is 1.71. The highest BCUT2D eigenvalue weighted by Crippen LogP contribution is 2.26. The van der Waals surface area contributed by atoms with E-state index in [2.05, 4.69) is 9.88 Å². The van der Waals surface area contributed by atoms with Gasteiger partial charge in [-0.25, -0.2) is 4.98 Å². The average Bonchev–Trinajstić information content (AvgIpc) is 3.10. The lowest BCUT2D eigenvalue weighted by Gasteiger charge is -2.16. The zero-order valence-electron chi connectivity index (χ0n) is 17.1. The fourth-order valence-corrected chi connectivity index (χ4v) is 3.28. The summed E-state index contributed by atoms with van der Waals surface area (Å²) >= 11 is 0. The maximum absolute atomic E-state index is 11.9. The first-order chi connectivity index (χ1) is 14.1. The molecular weight excluding hydrogens is 370 g/mol. The van der Waals surface area contributed by atoms with E-state index in [1.54, 1.807) is 7.11 Å². The molecule has 7 heteroatoms. The molecule has 1 unspecified atom stereocenters. The minimum absolute atomic E-state index is 0.0251. The number of methoxy groups -OCH3 is 2. The van der Waals surface area contributed by atoms with Crippen molar-refractivity contribution in [1.82, 2.24) is 14.9 Å². The summed E-state index contributed by atoms with van der Waals surface area (Å²) in [5.74, 6) is 2.09. The second kappa shape index (κ2) is 9.93. The number of nitrogens with one attached hydrogen (secondary N) is 1. The van der Waals surface area contributed by atoms with Gasteiger partial charge in [-0.05, 0) is 37.6 Å². The number of aromatic nitrogens is 2. The highest BCUT2D eigenvalue weighted by Gasteiger charge is 2.18. The number of hydrogen-bond donors (Lipinski definition) is 1. The summed E-state index contributed by atoms with van der Waals surface area (Å²) in [5, 5.41) is 2.93. The molecule has 0 spiro atoms. The third-order valence-electron chi connectivity index (χ3n) is 4.58. The van der Waals surface area contributed by atoms with Gasteiger partial charge in [0, 0.05) is 13.7 Å². The lowest BCUT2D eigenvalue weighted by atomic mass is 10.3. The van der Waals surface area contributed by atoms with Crippen molar-refractivity contribution in [3.05, 3.63) is 54.4 Å². The third-order valence-corrected chi connectivity index (χ3v) is 4.58. The van der Waals surface area contributed by atoms with Crippen molar-refractivity contribution < 1.29 is 19.0 Å². The Labute approximate surface area is 170 Å². The summed E-state index contributed by atoms with van der Waals surface area (Å²) in [4.78, 5) is 16.7. The molecule has 29 heavy (non-hydrogen) atoms. The molecule has 0 bridgehead atoms. The summed E-state index contributed by atoms with van der Waals surface area (Å²) < 4.78 is 18.3. The Kier molecular flexibility index (Phi) is 7.08. The zero-order chi connectivity index (χ0) is 20.6. The number of aryl methyl sites for hydroxylation is 1. The second-order valence-electron chi connectivity index (χ2n) is 6.69. The van der Waals surface area contributed by atoms with Crippen LogP contribution in [0.15, 0.2) is 48.5 Å². The zero-order valence-corrected chi connectivity index (χ0v) is 17.1. The Hall–Kier alpha value is -3.06. The predicted molar refractivity (Wildman–Crippen MR) is 111 cm³/mol. The van der Waals surface area contributed by atoms with Gasteiger partial charge in [0.05, 0.1) is 30.8 Å². The third kappa shape index (κ3) is 5.06. The summed E-state index contributed by atoms with van der Waals surface area (Å²) in [6, 6.07) is 15.3. The van der Waals surface area contributed by atoms with Crippen LogP contribution in [0.5, 0.6) is 11.5 Å². The van der Waals surface area contributed by atoms with Crippen molar-refractivity contribution in [2.24, 2.45) is 0 Å². The molecule has 0 aliphatic rings. The largest absolute Gasteiger partial charge is 0.493 e. The molecule has 0 radical (unpaired) electrons. The molecule has 1 atom stereocenters. The normalized spacial score (nSPS) is 12.0. The average molecular weight is 397 g/mol. The minimum atomic E-state index is -0.236. The number of imidazole rings is 1. The standard InChI is InChI=1S/C22H27N3O4/c1-16(23-21(26)15-27-2)22-24-17-9-4-5-10-18(17)25(22)13-8-14-29-20-12-7-6-11-19(20)28-3/h4-7,9-12,16H,8,13-15H2,1-3H3,(H,23,26). The number of hydrogen-bond acceptors (Lipinski definition) is 5. The Bertz CT molecular complexity index is 954. The van der Waals surface area contributed by atoms with Crippen LogP contribution < -0.4 is 14.8 Å². The number of carbonyl (C=O) groups excluding carboxylic acids is 1. The van der Waals surface area contributed by atoms with E-state index >= 15 is 0 Å². The summed E-state index contributed by atoms with van der Waals surface area (Å²) in [7, 11) is 3.13. The van der Waals surface area contributed by atoms with E-state index in [9.17, 15) is 4.79 Å². The van der Waals surface area contributed by atoms with Gasteiger partial charge >= 0.3 is 0 Å². The van der Waals surface area contributed by atoms with Gasteiger partial charge in [-0.1, -0.05) is 24.3 Å². The van der Waals surface area contributed by atoms with Crippen molar-refractivity contribution in [1.29, 1.82) is 0 Å². The van der Waals surface area contributed by atoms with Crippen LogP contribution in [0.4, 0.5) is 0 Å². The van der Waals surface area contributed by atoms with E-state index < -0.39 is 0 Å². The van der Waals surface area contributed by atoms with Gasteiger partial charge in [0.25, 0.3) is 0 Å². The highest BCUT2D eigenvalue weighted by atomic mass is 16.5. The first-order valence-electron chi connectivity index (χ1n) is 9.63. The molecule has 0 saturated heterocycles. The molecule has 0 aliphatic heterocycles. The number of para-hydroxylation sites is 4. The topological polar surface area (TPSA) is 74.6 Å². The summed E-state index contributed by atoms with van der Waals surface area (Å²) in [6.45, 7) is 3.21. The van der Waals surface area contributed by atoms with Crippen molar-refractivity contribution in [2.75, 3.05) is 27.4 Å². The van der Waals surface area contributed by atoms with Crippen LogP contribution in [0, 0.1) is 0 Å². The van der Waals surface area contributed by atoms with Crippen molar-refractivity contribution in [3.63, 3.8) is 0 Å². The molecule has 0 aliphatic carbocycles. The van der Waals surface area contributed by atoms with Crippen molar-refractivity contribution in [2.45, 2.75) is 25.9 Å². The maximum atomic E-state index is 11.9. The molecule has 1 amide bonds. The van der Waals surface area contributed by atoms with E-state index in [0.717, 1.165) is 41.3 Å². The van der Waals surface area contributed by atoms with Gasteiger partial charge in [0.2, 0.25) is 5.91 Å². The second-order valence-corrected chi connectivity index (χ2v) is 6.69. The van der Waals surface area contributed by atoms with Gasteiger partial charge in [-0.2, -0.15) is 0 Å². The quantitative estimate of drug-likeness (QED) is 0.531. The van der Waals surface area contributed by atoms with Gasteiger partial charge < -0.3 is 24.1 Å². The Morgan fingerprint density at radius 2 is 1.83 bits per heavy atom. The van der Waals surface area contributed by atoms with E-state index in [1.807, 2.05) is 55.5 Å². The minimum Gasteiger partial charge on any atom is -0.493 e. The van der Waals surface area contributed by atoms with Crippen molar-refractivity contribution >= 4 is 16.9 Å². The fraction of sp³-hybridized carbons (Fsp3) is 0.364. The summed E-state index contributed by atoms with van der Waals surface area (Å²) in [5.41, 5.74) is 1.94. The number of amides is 1. The number of fused-ring (bicyclic) bond motifs is 1. The molecule has 0 saturated carbocycles. The first-order valence-corrected chi connectivity index (χ1v) is 9.63. The fourth-order valence-electron chi connectivity index (χ4n) is 3.28. The van der Waals surface area contributed by atoms with Gasteiger partial charge in [-0.15, -0.1) is 0 Å². The molecule has 1 aromatic heterocycles. The number of nitrogens with zero attached hydrogens (tertiary/aromatic N) is 2. The number of benzene rings is 2. The lowest BCUT2D eigenvalue weighted by molar-refractivity contribution is -0.125. The van der Waals surface area contributed by atoms with Crippen LogP contribution in [0.1, 0.15) is 25.2 Å². The molecule has 2 aromatic carbocycles. The predicted octanol–water partition coefficient (Wildman–Crippen LogP) is 3.34. The van der Waals surface area contributed by atoms with Crippen LogP contribution >= 0.6 is 0 Å². The highest BCUT2D eigenvalue weighted by molar-refractivity contribution is 5.78. The number of rotatable bonds is 10. The lowest BCUT2D eigenvalue weighted by Crippen LogP contribution is -2.31. The molecule has 1 N–H and O–H groups in total. The smallest absolute Gasteiger partial charge is 0.246 e. The van der Waals surface area contributed by atoms with Crippen molar-refractivity contribution in [3.8, 4) is 11.5 Å². The molecule has 0 fully saturated rings. The molecule has 7 nitrogen and oxygen atoms in total. The van der Waals surface area contributed by atoms with Gasteiger partial charge in [0.1, 0.15) is 12.4 Å². The van der Waals surface area contributed by atoms with Crippen LogP contribution in [-0.2, 0) is 16.1 Å². The van der Waals surface area contributed by atoms with E-state index in [-0.39, 0.29) is 18.6 Å².